The van der Waals surface area contributed by atoms with Crippen molar-refractivity contribution < 1.29 is 32.7 Å². The molecule has 1 aromatic carbocycles. The molecule has 0 spiro atoms. The Hall–Kier alpha value is -3.40. The van der Waals surface area contributed by atoms with Gasteiger partial charge in [0.25, 0.3) is 11.5 Å². The first-order chi connectivity index (χ1) is 15.0. The van der Waals surface area contributed by atoms with Gasteiger partial charge in [-0.05, 0) is 18.6 Å². The lowest BCUT2D eigenvalue weighted by Gasteiger charge is -2.33. The third-order valence-electron chi connectivity index (χ3n) is 4.50. The van der Waals surface area contributed by atoms with E-state index in [-0.39, 0.29) is 36.0 Å². The summed E-state index contributed by atoms with van der Waals surface area (Å²) in [5.41, 5.74) is -4.15. The summed E-state index contributed by atoms with van der Waals surface area (Å²) in [6, 6.07) is 8.64. The molecule has 2 amide bonds. The summed E-state index contributed by atoms with van der Waals surface area (Å²) >= 11 is 0. The van der Waals surface area contributed by atoms with Crippen molar-refractivity contribution in [3.05, 3.63) is 65.9 Å². The zero-order valence-electron chi connectivity index (χ0n) is 17.9. The number of carbonyl (C=O) groups is 2. The first-order valence-corrected chi connectivity index (χ1v) is 9.67. The van der Waals surface area contributed by atoms with Gasteiger partial charge >= 0.3 is 12.1 Å². The molecular formula is C22H24F3N3O4. The van der Waals surface area contributed by atoms with Gasteiger partial charge in [-0.1, -0.05) is 43.8 Å². The standard InChI is InChI=1S/C22H24F3N3O4/c1-5-14-28(20(30)21(31,22(23,24)25)15-10-8-7-9-11-15)32-18-13-12-16(17(6-2)26-18)19(29)27(3)4/h6-13,31H,2,5,14H2,1,3-4H3. The second kappa shape index (κ2) is 9.82. The van der Waals surface area contributed by atoms with Crippen LogP contribution in [0.25, 0.3) is 6.08 Å². The average Bonchev–Trinajstić information content (AvgIpc) is 2.76. The molecule has 1 heterocycles. The minimum atomic E-state index is -5.32. The molecule has 1 unspecified atom stereocenters. The third kappa shape index (κ3) is 4.91. The smallest absolute Gasteiger partial charge is 0.368 e. The molecule has 0 saturated carbocycles. The van der Waals surface area contributed by atoms with Gasteiger partial charge in [0, 0.05) is 25.7 Å². The van der Waals surface area contributed by atoms with E-state index in [4.69, 9.17) is 4.84 Å². The Kier molecular flexibility index (Phi) is 7.63. The van der Waals surface area contributed by atoms with E-state index in [1.807, 2.05) is 0 Å². The summed E-state index contributed by atoms with van der Waals surface area (Å²) in [6.45, 7) is 4.95. The largest absolute Gasteiger partial charge is 0.430 e. The van der Waals surface area contributed by atoms with Crippen molar-refractivity contribution in [2.45, 2.75) is 25.1 Å². The molecule has 32 heavy (non-hydrogen) atoms. The quantitative estimate of drug-likeness (QED) is 0.622. The molecule has 0 radical (unpaired) electrons. The van der Waals surface area contributed by atoms with Gasteiger partial charge in [-0.15, -0.1) is 0 Å². The SMILES string of the molecule is C=Cc1nc(ON(CCC)C(=O)C(O)(c2ccccc2)C(F)(F)F)ccc1C(=O)N(C)C. The number of amides is 2. The molecule has 0 aliphatic rings. The van der Waals surface area contributed by atoms with Gasteiger partial charge in [-0.3, -0.25) is 9.59 Å². The summed E-state index contributed by atoms with van der Waals surface area (Å²) in [6.07, 6.45) is -3.80. The number of nitrogens with zero attached hydrogens (tertiary/aromatic N) is 3. The number of aliphatic hydroxyl groups is 1. The van der Waals surface area contributed by atoms with E-state index in [9.17, 15) is 27.9 Å². The molecular weight excluding hydrogens is 427 g/mol. The van der Waals surface area contributed by atoms with E-state index in [2.05, 4.69) is 11.6 Å². The van der Waals surface area contributed by atoms with Crippen molar-refractivity contribution in [2.75, 3.05) is 20.6 Å². The van der Waals surface area contributed by atoms with E-state index in [1.165, 1.54) is 41.3 Å². The molecule has 0 bridgehead atoms. The number of aromatic nitrogens is 1. The predicted octanol–water partition coefficient (Wildman–Crippen LogP) is 3.41. The number of carbonyl (C=O) groups excluding carboxylic acids is 2. The van der Waals surface area contributed by atoms with Gasteiger partial charge in [-0.25, -0.2) is 4.98 Å². The van der Waals surface area contributed by atoms with Crippen LogP contribution in [0, 0.1) is 0 Å². The topological polar surface area (TPSA) is 83.0 Å². The molecule has 0 aliphatic heterocycles. The normalized spacial score (nSPS) is 13.1. The zero-order chi connectivity index (χ0) is 24.1. The summed E-state index contributed by atoms with van der Waals surface area (Å²) in [5.74, 6) is -2.32. The highest BCUT2D eigenvalue weighted by atomic mass is 19.4. The number of rotatable bonds is 8. The van der Waals surface area contributed by atoms with E-state index in [1.54, 1.807) is 21.0 Å². The van der Waals surface area contributed by atoms with Crippen LogP contribution in [-0.2, 0) is 10.4 Å². The molecule has 172 valence electrons. The highest BCUT2D eigenvalue weighted by Crippen LogP contribution is 2.40. The highest BCUT2D eigenvalue weighted by molar-refractivity contribution is 5.96. The highest BCUT2D eigenvalue weighted by Gasteiger charge is 2.62. The van der Waals surface area contributed by atoms with E-state index in [0.29, 0.717) is 5.06 Å². The molecule has 1 atom stereocenters. The molecule has 10 heteroatoms. The van der Waals surface area contributed by atoms with Gasteiger partial charge in [0.1, 0.15) is 0 Å². The first-order valence-electron chi connectivity index (χ1n) is 9.67. The van der Waals surface area contributed by atoms with Crippen molar-refractivity contribution in [2.24, 2.45) is 0 Å². The number of hydrogen-bond donors (Lipinski definition) is 1. The van der Waals surface area contributed by atoms with Gasteiger partial charge in [0.05, 0.1) is 17.8 Å². The van der Waals surface area contributed by atoms with Gasteiger partial charge in [-0.2, -0.15) is 18.2 Å². The number of benzene rings is 1. The Morgan fingerprint density at radius 2 is 1.78 bits per heavy atom. The van der Waals surface area contributed by atoms with Crippen molar-refractivity contribution >= 4 is 17.9 Å². The summed E-state index contributed by atoms with van der Waals surface area (Å²) < 4.78 is 41.7. The molecule has 7 nitrogen and oxygen atoms in total. The monoisotopic (exact) mass is 451 g/mol. The predicted molar refractivity (Wildman–Crippen MR) is 111 cm³/mol. The molecule has 0 aliphatic carbocycles. The number of pyridine rings is 1. The molecule has 0 saturated heterocycles. The minimum Gasteiger partial charge on any atom is -0.368 e. The van der Waals surface area contributed by atoms with Crippen LogP contribution in [-0.4, -0.2) is 58.7 Å². The van der Waals surface area contributed by atoms with Crippen molar-refractivity contribution in [1.82, 2.24) is 14.9 Å². The number of alkyl halides is 3. The minimum absolute atomic E-state index is 0.124. The first kappa shape index (κ1) is 24.9. The lowest BCUT2D eigenvalue weighted by atomic mass is 9.92. The van der Waals surface area contributed by atoms with Gasteiger partial charge < -0.3 is 14.8 Å². The molecule has 0 fully saturated rings. The van der Waals surface area contributed by atoms with Crippen molar-refractivity contribution in [3.63, 3.8) is 0 Å². The molecule has 1 N–H and O–H groups in total. The van der Waals surface area contributed by atoms with E-state index in [0.717, 1.165) is 12.1 Å². The van der Waals surface area contributed by atoms with E-state index >= 15 is 0 Å². The second-order valence-corrected chi connectivity index (χ2v) is 7.06. The zero-order valence-corrected chi connectivity index (χ0v) is 17.9. The maximum absolute atomic E-state index is 13.9. The lowest BCUT2D eigenvalue weighted by Crippen LogP contribution is -2.56. The average molecular weight is 451 g/mol. The Labute approximate surface area is 183 Å². The number of halogens is 3. The van der Waals surface area contributed by atoms with Crippen molar-refractivity contribution in [1.29, 1.82) is 0 Å². The van der Waals surface area contributed by atoms with Crippen LogP contribution < -0.4 is 4.84 Å². The third-order valence-corrected chi connectivity index (χ3v) is 4.50. The fraction of sp³-hybridized carbons (Fsp3) is 0.318. The molecule has 2 rings (SSSR count). The van der Waals surface area contributed by atoms with Gasteiger partial charge in [0.15, 0.2) is 0 Å². The van der Waals surface area contributed by atoms with Crippen LogP contribution in [0.3, 0.4) is 0 Å². The Bertz CT molecular complexity index is 980. The van der Waals surface area contributed by atoms with Crippen LogP contribution in [0.5, 0.6) is 5.88 Å². The fourth-order valence-corrected chi connectivity index (χ4v) is 2.86. The maximum atomic E-state index is 13.9. The Morgan fingerprint density at radius 3 is 2.28 bits per heavy atom. The van der Waals surface area contributed by atoms with Crippen LogP contribution in [0.4, 0.5) is 13.2 Å². The molecule has 1 aromatic heterocycles. The lowest BCUT2D eigenvalue weighted by molar-refractivity contribution is -0.271. The summed E-state index contributed by atoms with van der Waals surface area (Å²) in [5, 5.41) is 11.0. The summed E-state index contributed by atoms with van der Waals surface area (Å²) in [4.78, 5) is 35.9. The van der Waals surface area contributed by atoms with E-state index < -0.39 is 23.2 Å². The Morgan fingerprint density at radius 1 is 1.16 bits per heavy atom. The number of hydrogen-bond acceptors (Lipinski definition) is 5. The maximum Gasteiger partial charge on any atom is 0.430 e. The van der Waals surface area contributed by atoms with Gasteiger partial charge in [0.2, 0.25) is 5.88 Å². The fourth-order valence-electron chi connectivity index (χ4n) is 2.86. The van der Waals surface area contributed by atoms with Crippen LogP contribution in [0.15, 0.2) is 49.0 Å². The van der Waals surface area contributed by atoms with Crippen molar-refractivity contribution in [3.8, 4) is 5.88 Å². The van der Waals surface area contributed by atoms with Crippen LogP contribution >= 0.6 is 0 Å². The summed E-state index contributed by atoms with van der Waals surface area (Å²) in [7, 11) is 3.09. The second-order valence-electron chi connectivity index (χ2n) is 7.06. The Balaban J connectivity index is 2.46. The molecule has 2 aromatic rings. The van der Waals surface area contributed by atoms with Crippen LogP contribution in [0.1, 0.15) is 35.0 Å². The number of hydroxylamine groups is 2. The van der Waals surface area contributed by atoms with Crippen LogP contribution in [0.2, 0.25) is 0 Å².